The minimum absolute atomic E-state index is 0.0197. The summed E-state index contributed by atoms with van der Waals surface area (Å²) in [6.07, 6.45) is 0. The summed E-state index contributed by atoms with van der Waals surface area (Å²) in [4.78, 5) is 28.4. The van der Waals surface area contributed by atoms with E-state index < -0.39 is 0 Å². The van der Waals surface area contributed by atoms with E-state index >= 15 is 0 Å². The number of nitrogens with zero attached hydrogens (tertiary/aromatic N) is 2. The molecule has 5 nitrogen and oxygen atoms in total. The van der Waals surface area contributed by atoms with Crippen LogP contribution in [0.25, 0.3) is 0 Å². The van der Waals surface area contributed by atoms with Gasteiger partial charge >= 0.3 is 0 Å². The number of rotatable bonds is 8. The Balaban J connectivity index is 1.43. The molecule has 1 aliphatic rings. The molecule has 0 aromatic heterocycles. The minimum atomic E-state index is -0.0912. The Morgan fingerprint density at radius 1 is 0.903 bits per heavy atom. The number of anilines is 1. The average molecular weight is 433 g/mol. The van der Waals surface area contributed by atoms with Crippen LogP contribution in [0.1, 0.15) is 11.1 Å². The van der Waals surface area contributed by atoms with Crippen molar-refractivity contribution in [3.8, 4) is 5.75 Å². The molecule has 0 unspecified atom stereocenters. The van der Waals surface area contributed by atoms with E-state index in [4.69, 9.17) is 4.74 Å². The highest BCUT2D eigenvalue weighted by Crippen LogP contribution is 2.21. The van der Waals surface area contributed by atoms with Gasteiger partial charge in [-0.15, -0.1) is 11.8 Å². The summed E-state index contributed by atoms with van der Waals surface area (Å²) < 4.78 is 5.86. The first-order valence-electron chi connectivity index (χ1n) is 10.2. The Labute approximate surface area is 186 Å². The van der Waals surface area contributed by atoms with Crippen LogP contribution in [0.3, 0.4) is 0 Å². The third kappa shape index (κ3) is 5.67. The molecule has 158 valence electrons. The van der Waals surface area contributed by atoms with Gasteiger partial charge in [0.05, 0.1) is 18.2 Å². The molecule has 0 bridgehead atoms. The van der Waals surface area contributed by atoms with Gasteiger partial charge in [-0.25, -0.2) is 0 Å². The monoisotopic (exact) mass is 432 g/mol. The van der Waals surface area contributed by atoms with Gasteiger partial charge in [-0.1, -0.05) is 60.7 Å². The molecule has 1 fully saturated rings. The molecule has 1 heterocycles. The molecule has 0 spiro atoms. The second-order valence-electron chi connectivity index (χ2n) is 7.30. The van der Waals surface area contributed by atoms with Crippen LogP contribution < -0.4 is 9.64 Å². The van der Waals surface area contributed by atoms with Crippen LogP contribution in [-0.2, 0) is 22.7 Å². The van der Waals surface area contributed by atoms with Crippen molar-refractivity contribution in [3.05, 3.63) is 96.1 Å². The predicted molar refractivity (Wildman–Crippen MR) is 124 cm³/mol. The molecular weight excluding hydrogens is 408 g/mol. The molecule has 0 radical (unpaired) electrons. The van der Waals surface area contributed by atoms with Gasteiger partial charge in [-0.2, -0.15) is 0 Å². The van der Waals surface area contributed by atoms with E-state index in [-0.39, 0.29) is 18.4 Å². The number of hydrogen-bond donors (Lipinski definition) is 0. The second-order valence-corrected chi connectivity index (χ2v) is 8.26. The molecule has 3 aromatic rings. The fraction of sp³-hybridized carbons (Fsp3) is 0.200. The molecule has 1 aliphatic heterocycles. The van der Waals surface area contributed by atoms with Crippen LogP contribution in [0.15, 0.2) is 84.9 Å². The quantitative estimate of drug-likeness (QED) is 0.532. The normalized spacial score (nSPS) is 13.3. The van der Waals surface area contributed by atoms with Gasteiger partial charge < -0.3 is 14.5 Å². The molecule has 0 atom stereocenters. The number of benzene rings is 3. The lowest BCUT2D eigenvalue weighted by atomic mass is 10.1. The summed E-state index contributed by atoms with van der Waals surface area (Å²) >= 11 is 1.54. The Hall–Kier alpha value is -3.25. The summed E-state index contributed by atoms with van der Waals surface area (Å²) in [6.45, 7) is 1.03. The highest BCUT2D eigenvalue weighted by atomic mass is 32.2. The first kappa shape index (κ1) is 21.0. The maximum atomic E-state index is 13.1. The van der Waals surface area contributed by atoms with E-state index in [2.05, 4.69) is 0 Å². The van der Waals surface area contributed by atoms with E-state index in [0.29, 0.717) is 24.8 Å². The maximum Gasteiger partial charge on any atom is 0.246 e. The number of ether oxygens (including phenoxy) is 1. The van der Waals surface area contributed by atoms with Crippen LogP contribution in [-0.4, -0.2) is 34.9 Å². The summed E-state index contributed by atoms with van der Waals surface area (Å²) in [5.41, 5.74) is 2.92. The smallest absolute Gasteiger partial charge is 0.246 e. The average Bonchev–Trinajstić information content (AvgIpc) is 3.22. The Kier molecular flexibility index (Phi) is 6.89. The van der Waals surface area contributed by atoms with Crippen molar-refractivity contribution in [2.75, 3.05) is 23.1 Å². The van der Waals surface area contributed by atoms with E-state index in [9.17, 15) is 9.59 Å². The van der Waals surface area contributed by atoms with Gasteiger partial charge in [0.2, 0.25) is 11.8 Å². The molecule has 0 saturated carbocycles. The number of carbonyl (C=O) groups excluding carboxylic acids is 2. The topological polar surface area (TPSA) is 49.9 Å². The fourth-order valence-electron chi connectivity index (χ4n) is 3.33. The molecule has 1 saturated heterocycles. The summed E-state index contributed by atoms with van der Waals surface area (Å²) in [7, 11) is 0. The van der Waals surface area contributed by atoms with Crippen LogP contribution >= 0.6 is 11.8 Å². The number of hydrogen-bond acceptors (Lipinski definition) is 4. The summed E-state index contributed by atoms with van der Waals surface area (Å²) in [6, 6.07) is 27.4. The number of thioether (sulfide) groups is 1. The van der Waals surface area contributed by atoms with Gasteiger partial charge in [0.1, 0.15) is 18.9 Å². The highest BCUT2D eigenvalue weighted by Gasteiger charge is 2.26. The van der Waals surface area contributed by atoms with Crippen molar-refractivity contribution < 1.29 is 14.3 Å². The zero-order valence-electron chi connectivity index (χ0n) is 17.1. The zero-order valence-corrected chi connectivity index (χ0v) is 18.0. The van der Waals surface area contributed by atoms with Crippen LogP contribution in [0, 0.1) is 0 Å². The Morgan fingerprint density at radius 2 is 1.58 bits per heavy atom. The van der Waals surface area contributed by atoms with Crippen molar-refractivity contribution in [3.63, 3.8) is 0 Å². The second kappa shape index (κ2) is 10.2. The van der Waals surface area contributed by atoms with Gasteiger partial charge in [-0.05, 0) is 35.4 Å². The maximum absolute atomic E-state index is 13.1. The number of amides is 2. The van der Waals surface area contributed by atoms with Crippen LogP contribution in [0.4, 0.5) is 5.69 Å². The predicted octanol–water partition coefficient (Wildman–Crippen LogP) is 4.33. The standard InChI is InChI=1S/C25H24N2O3S/c28-24(16-26-19-31-18-25(26)29)27(22-9-5-2-6-10-22)15-20-11-13-23(14-12-20)30-17-21-7-3-1-4-8-21/h1-14H,15-19H2. The van der Waals surface area contributed by atoms with E-state index in [0.717, 1.165) is 22.6 Å². The molecule has 0 N–H and O–H groups in total. The molecule has 0 aliphatic carbocycles. The lowest BCUT2D eigenvalue weighted by molar-refractivity contribution is -0.131. The van der Waals surface area contributed by atoms with Gasteiger partial charge in [-0.3, -0.25) is 9.59 Å². The largest absolute Gasteiger partial charge is 0.489 e. The van der Waals surface area contributed by atoms with Crippen molar-refractivity contribution in [1.82, 2.24) is 4.90 Å². The van der Waals surface area contributed by atoms with Gasteiger partial charge in [0, 0.05) is 5.69 Å². The summed E-state index contributed by atoms with van der Waals surface area (Å²) in [5, 5.41) is 0. The molecule has 31 heavy (non-hydrogen) atoms. The van der Waals surface area contributed by atoms with Gasteiger partial charge in [0.15, 0.2) is 0 Å². The number of carbonyl (C=O) groups is 2. The van der Waals surface area contributed by atoms with Crippen LogP contribution in [0.2, 0.25) is 0 Å². The molecule has 4 rings (SSSR count). The Bertz CT molecular complexity index is 1010. The van der Waals surface area contributed by atoms with Crippen molar-refractivity contribution in [2.45, 2.75) is 13.2 Å². The molecular formula is C25H24N2O3S. The first-order valence-corrected chi connectivity index (χ1v) is 11.3. The van der Waals surface area contributed by atoms with E-state index in [1.807, 2.05) is 84.9 Å². The van der Waals surface area contributed by atoms with Gasteiger partial charge in [0.25, 0.3) is 0 Å². The Morgan fingerprint density at radius 3 is 2.23 bits per heavy atom. The fourth-order valence-corrected chi connectivity index (χ4v) is 4.24. The van der Waals surface area contributed by atoms with Crippen molar-refractivity contribution in [1.29, 1.82) is 0 Å². The highest BCUT2D eigenvalue weighted by molar-refractivity contribution is 8.00. The molecule has 6 heteroatoms. The lowest BCUT2D eigenvalue weighted by Crippen LogP contribution is -2.41. The lowest BCUT2D eigenvalue weighted by Gasteiger charge is -2.25. The molecule has 2 amide bonds. The first-order chi connectivity index (χ1) is 15.2. The van der Waals surface area contributed by atoms with E-state index in [1.54, 1.807) is 21.6 Å². The summed E-state index contributed by atoms with van der Waals surface area (Å²) in [5.74, 6) is 1.73. The van der Waals surface area contributed by atoms with Crippen LogP contribution in [0.5, 0.6) is 5.75 Å². The minimum Gasteiger partial charge on any atom is -0.489 e. The number of para-hydroxylation sites is 1. The van der Waals surface area contributed by atoms with Crippen molar-refractivity contribution >= 4 is 29.3 Å². The third-order valence-electron chi connectivity index (χ3n) is 5.03. The zero-order chi connectivity index (χ0) is 21.5. The molecule has 3 aromatic carbocycles. The third-order valence-corrected chi connectivity index (χ3v) is 5.98. The van der Waals surface area contributed by atoms with E-state index in [1.165, 1.54) is 0 Å². The SMILES string of the molecule is O=C1CSCN1CC(=O)N(Cc1ccc(OCc2ccccc2)cc1)c1ccccc1. The van der Waals surface area contributed by atoms with Crippen molar-refractivity contribution in [2.24, 2.45) is 0 Å².